The molecule has 0 fully saturated rings. The number of hydrogen-bond acceptors (Lipinski definition) is 1. The number of halogens is 3. The second kappa shape index (κ2) is 3.43. The molecule has 0 atom stereocenters. The van der Waals surface area contributed by atoms with E-state index in [2.05, 4.69) is 0 Å². The largest absolute Gasteiger partial charge is 0.508 e. The van der Waals surface area contributed by atoms with Crippen LogP contribution in [0.2, 0.25) is 0 Å². The first-order valence-electron chi connectivity index (χ1n) is 4.53. The van der Waals surface area contributed by atoms with Crippen LogP contribution in [0, 0.1) is 0 Å². The highest BCUT2D eigenvalue weighted by molar-refractivity contribution is 5.40. The molecular formula is C11H13F3O. The Bertz CT molecular complexity index is 361. The lowest BCUT2D eigenvalue weighted by Crippen LogP contribution is -2.19. The molecule has 15 heavy (non-hydrogen) atoms. The molecule has 0 spiro atoms. The molecule has 84 valence electrons. The zero-order valence-electron chi connectivity index (χ0n) is 8.81. The Balaban J connectivity index is 3.41. The van der Waals surface area contributed by atoms with Crippen molar-refractivity contribution in [1.29, 1.82) is 0 Å². The van der Waals surface area contributed by atoms with E-state index in [1.54, 1.807) is 20.8 Å². The second-order valence-electron chi connectivity index (χ2n) is 4.48. The summed E-state index contributed by atoms with van der Waals surface area (Å²) in [7, 11) is 0. The second-order valence-corrected chi connectivity index (χ2v) is 4.48. The molecule has 0 radical (unpaired) electrons. The van der Waals surface area contributed by atoms with E-state index in [9.17, 15) is 18.3 Å². The molecule has 0 saturated carbocycles. The SMILES string of the molecule is CC(C)(C)c1cc(O)ccc1C(F)(F)F. The van der Waals surface area contributed by atoms with Crippen molar-refractivity contribution in [2.75, 3.05) is 0 Å². The first-order chi connectivity index (χ1) is 6.62. The molecule has 1 nitrogen and oxygen atoms in total. The molecule has 1 aromatic carbocycles. The third-order valence-corrected chi connectivity index (χ3v) is 2.12. The fourth-order valence-corrected chi connectivity index (χ4v) is 1.40. The van der Waals surface area contributed by atoms with Crippen LogP contribution >= 0.6 is 0 Å². The minimum absolute atomic E-state index is 0.106. The van der Waals surface area contributed by atoms with Crippen LogP contribution in [0.5, 0.6) is 5.75 Å². The molecule has 4 heteroatoms. The van der Waals surface area contributed by atoms with Gasteiger partial charge in [0.25, 0.3) is 0 Å². The summed E-state index contributed by atoms with van der Waals surface area (Å²) in [5, 5.41) is 9.20. The van der Waals surface area contributed by atoms with Gasteiger partial charge in [0.15, 0.2) is 0 Å². The van der Waals surface area contributed by atoms with Gasteiger partial charge in [0.1, 0.15) is 5.75 Å². The Labute approximate surface area is 86.5 Å². The van der Waals surface area contributed by atoms with Crippen molar-refractivity contribution >= 4 is 0 Å². The van der Waals surface area contributed by atoms with Crippen LogP contribution in [0.25, 0.3) is 0 Å². The van der Waals surface area contributed by atoms with Crippen LogP contribution in [0.1, 0.15) is 31.9 Å². The highest BCUT2D eigenvalue weighted by Gasteiger charge is 2.36. The Hall–Kier alpha value is -1.19. The lowest BCUT2D eigenvalue weighted by molar-refractivity contribution is -0.138. The number of phenolic OH excluding ortho intramolecular Hbond substituents is 1. The molecule has 0 aromatic heterocycles. The molecular weight excluding hydrogens is 205 g/mol. The van der Waals surface area contributed by atoms with Gasteiger partial charge in [0, 0.05) is 0 Å². The van der Waals surface area contributed by atoms with Gasteiger partial charge in [-0.1, -0.05) is 20.8 Å². The van der Waals surface area contributed by atoms with Crippen molar-refractivity contribution in [3.63, 3.8) is 0 Å². The summed E-state index contributed by atoms with van der Waals surface area (Å²) in [5.41, 5.74) is -1.23. The van der Waals surface area contributed by atoms with Crippen LogP contribution in [0.15, 0.2) is 18.2 Å². The molecule has 0 aliphatic heterocycles. The molecule has 1 rings (SSSR count). The van der Waals surface area contributed by atoms with E-state index in [1.165, 1.54) is 6.07 Å². The van der Waals surface area contributed by atoms with Gasteiger partial charge in [-0.25, -0.2) is 0 Å². The number of benzene rings is 1. The van der Waals surface area contributed by atoms with Crippen LogP contribution in [0.4, 0.5) is 13.2 Å². The minimum atomic E-state index is -4.38. The van der Waals surface area contributed by atoms with Crippen molar-refractivity contribution in [2.45, 2.75) is 32.4 Å². The summed E-state index contributed by atoms with van der Waals surface area (Å²) in [6.07, 6.45) is -4.38. The van der Waals surface area contributed by atoms with Gasteiger partial charge in [0.05, 0.1) is 5.56 Å². The Kier molecular flexibility index (Phi) is 2.72. The summed E-state index contributed by atoms with van der Waals surface area (Å²) < 4.78 is 37.9. The zero-order valence-corrected chi connectivity index (χ0v) is 8.81. The van der Waals surface area contributed by atoms with E-state index >= 15 is 0 Å². The predicted molar refractivity (Wildman–Crippen MR) is 51.8 cm³/mol. The van der Waals surface area contributed by atoms with E-state index in [4.69, 9.17) is 0 Å². The summed E-state index contributed by atoms with van der Waals surface area (Å²) in [6.45, 7) is 5.03. The third-order valence-electron chi connectivity index (χ3n) is 2.12. The lowest BCUT2D eigenvalue weighted by Gasteiger charge is -2.24. The average molecular weight is 218 g/mol. The van der Waals surface area contributed by atoms with E-state index in [0.29, 0.717) is 0 Å². The first-order valence-corrected chi connectivity index (χ1v) is 4.53. The van der Waals surface area contributed by atoms with E-state index in [-0.39, 0.29) is 11.3 Å². The van der Waals surface area contributed by atoms with Gasteiger partial charge in [-0.05, 0) is 29.2 Å². The number of rotatable bonds is 0. The standard InChI is InChI=1S/C11H13F3O/c1-10(2,3)9-6-7(15)4-5-8(9)11(12,13)14/h4-6,15H,1-3H3. The fraction of sp³-hybridized carbons (Fsp3) is 0.455. The monoisotopic (exact) mass is 218 g/mol. The maximum Gasteiger partial charge on any atom is 0.416 e. The summed E-state index contributed by atoms with van der Waals surface area (Å²) >= 11 is 0. The van der Waals surface area contributed by atoms with E-state index in [0.717, 1.165) is 12.1 Å². The summed E-state index contributed by atoms with van der Waals surface area (Å²) in [4.78, 5) is 0. The van der Waals surface area contributed by atoms with Crippen molar-refractivity contribution in [2.24, 2.45) is 0 Å². The summed E-state index contributed by atoms with van der Waals surface area (Å²) in [5.74, 6) is -0.145. The smallest absolute Gasteiger partial charge is 0.416 e. The van der Waals surface area contributed by atoms with Crippen LogP contribution < -0.4 is 0 Å². The number of phenols is 1. The molecule has 0 unspecified atom stereocenters. The van der Waals surface area contributed by atoms with Crippen LogP contribution in [0.3, 0.4) is 0 Å². The molecule has 0 heterocycles. The highest BCUT2D eigenvalue weighted by atomic mass is 19.4. The van der Waals surface area contributed by atoms with Crippen molar-refractivity contribution < 1.29 is 18.3 Å². The van der Waals surface area contributed by atoms with Gasteiger partial charge in [-0.3, -0.25) is 0 Å². The van der Waals surface area contributed by atoms with Gasteiger partial charge in [0.2, 0.25) is 0 Å². The molecule has 0 saturated heterocycles. The highest BCUT2D eigenvalue weighted by Crippen LogP contribution is 2.38. The van der Waals surface area contributed by atoms with E-state index in [1.807, 2.05) is 0 Å². The van der Waals surface area contributed by atoms with Gasteiger partial charge in [-0.15, -0.1) is 0 Å². The normalized spacial score (nSPS) is 12.9. The fourth-order valence-electron chi connectivity index (χ4n) is 1.40. The van der Waals surface area contributed by atoms with Gasteiger partial charge < -0.3 is 5.11 Å². The average Bonchev–Trinajstić information content (AvgIpc) is 2.00. The van der Waals surface area contributed by atoms with Gasteiger partial charge >= 0.3 is 6.18 Å². The number of hydrogen-bond donors (Lipinski definition) is 1. The summed E-state index contributed by atoms with van der Waals surface area (Å²) in [6, 6.07) is 3.14. The molecule has 1 N–H and O–H groups in total. The third kappa shape index (κ3) is 2.64. The van der Waals surface area contributed by atoms with Gasteiger partial charge in [-0.2, -0.15) is 13.2 Å². The first kappa shape index (κ1) is 11.9. The Morgan fingerprint density at radius 3 is 1.93 bits per heavy atom. The molecule has 0 bridgehead atoms. The van der Waals surface area contributed by atoms with Crippen molar-refractivity contribution in [1.82, 2.24) is 0 Å². The van der Waals surface area contributed by atoms with Crippen molar-refractivity contribution in [3.05, 3.63) is 29.3 Å². The number of aromatic hydroxyl groups is 1. The quantitative estimate of drug-likeness (QED) is 0.703. The molecule has 0 amide bonds. The van der Waals surface area contributed by atoms with Crippen molar-refractivity contribution in [3.8, 4) is 5.75 Å². The molecule has 0 aliphatic carbocycles. The minimum Gasteiger partial charge on any atom is -0.508 e. The maximum absolute atomic E-state index is 12.6. The lowest BCUT2D eigenvalue weighted by atomic mass is 9.83. The topological polar surface area (TPSA) is 20.2 Å². The van der Waals surface area contributed by atoms with E-state index < -0.39 is 17.2 Å². The van der Waals surface area contributed by atoms with Crippen LogP contribution in [-0.4, -0.2) is 5.11 Å². The van der Waals surface area contributed by atoms with Crippen LogP contribution in [-0.2, 0) is 11.6 Å². The Morgan fingerprint density at radius 1 is 1.00 bits per heavy atom. The molecule has 0 aliphatic rings. The maximum atomic E-state index is 12.6. The zero-order chi connectivity index (χ0) is 11.9. The Morgan fingerprint density at radius 2 is 1.53 bits per heavy atom. The number of alkyl halides is 3. The molecule has 1 aromatic rings. The predicted octanol–water partition coefficient (Wildman–Crippen LogP) is 3.71.